The van der Waals surface area contributed by atoms with Crippen LogP contribution in [0.3, 0.4) is 0 Å². The number of benzene rings is 3. The van der Waals surface area contributed by atoms with E-state index in [1.807, 2.05) is 18.2 Å². The lowest BCUT2D eigenvalue weighted by Gasteiger charge is -2.34. The molecule has 9 nitrogen and oxygen atoms in total. The maximum Gasteiger partial charge on any atom is 0.204 e. The monoisotopic (exact) mass is 498 g/mol. The average molecular weight is 499 g/mol. The molecule has 3 N–H and O–H groups in total. The smallest absolute Gasteiger partial charge is 0.204 e. The predicted molar refractivity (Wildman–Crippen MR) is 131 cm³/mol. The van der Waals surface area contributed by atoms with Crippen LogP contribution in [0.2, 0.25) is 0 Å². The van der Waals surface area contributed by atoms with Gasteiger partial charge in [-0.25, -0.2) is 0 Å². The van der Waals surface area contributed by atoms with Gasteiger partial charge in [-0.15, -0.1) is 0 Å². The first-order chi connectivity index (χ1) is 17.4. The second-order valence-corrected chi connectivity index (χ2v) is 8.28. The van der Waals surface area contributed by atoms with Gasteiger partial charge in [0.25, 0.3) is 0 Å². The number of hydrogen-bond acceptors (Lipinski definition) is 9. The van der Waals surface area contributed by atoms with Crippen LogP contribution in [-0.4, -0.2) is 56.5 Å². The Morgan fingerprint density at radius 3 is 1.94 bits per heavy atom. The van der Waals surface area contributed by atoms with Gasteiger partial charge in [0.05, 0.1) is 35.0 Å². The minimum Gasteiger partial charge on any atom is -0.504 e. The van der Waals surface area contributed by atoms with Gasteiger partial charge in [-0.05, 0) is 60.4 Å². The minimum absolute atomic E-state index is 0.0919. The van der Waals surface area contributed by atoms with E-state index in [2.05, 4.69) is 0 Å². The molecule has 1 aliphatic rings. The molecule has 1 aliphatic heterocycles. The summed E-state index contributed by atoms with van der Waals surface area (Å²) in [6.45, 7) is -0.316. The lowest BCUT2D eigenvalue weighted by molar-refractivity contribution is -0.0143. The van der Waals surface area contributed by atoms with Crippen molar-refractivity contribution >= 4 is 0 Å². The van der Waals surface area contributed by atoms with E-state index in [1.54, 1.807) is 31.4 Å². The molecule has 0 aliphatic carbocycles. The fraction of sp³-hybridized carbons (Fsp3) is 0.333. The molecule has 9 heteroatoms. The van der Waals surface area contributed by atoms with Crippen LogP contribution in [-0.2, 0) is 12.8 Å². The summed E-state index contributed by atoms with van der Waals surface area (Å²) in [5.41, 5.74) is 2.55. The van der Waals surface area contributed by atoms with Gasteiger partial charge in [0, 0.05) is 5.56 Å². The molecule has 0 radical (unpaired) electrons. The summed E-state index contributed by atoms with van der Waals surface area (Å²) in [7, 11) is 5.94. The summed E-state index contributed by atoms with van der Waals surface area (Å²) in [5, 5.41) is 30.2. The van der Waals surface area contributed by atoms with Crippen molar-refractivity contribution in [3.05, 3.63) is 59.2 Å². The fourth-order valence-corrected chi connectivity index (χ4v) is 4.22. The number of ether oxygens (including phenoxy) is 6. The maximum atomic E-state index is 10.3. The molecule has 0 amide bonds. The number of hydrogen-bond donors (Lipinski definition) is 3. The standard InChI is InChI=1S/C27H30O9/c1-31-19-9-15(7-8-18(19)29)5-6-16-10-22(34-4)27-23(11-16)35-26(24(14-28)36-27)17-12-20(32-2)25(30)21(13-17)33-3/h7-13,24,26,28-30H,5-6,14H2,1-4H3/t24-,26-/m0/s1. The Morgan fingerprint density at radius 2 is 1.33 bits per heavy atom. The molecule has 4 rings (SSSR count). The van der Waals surface area contributed by atoms with E-state index in [4.69, 9.17) is 28.4 Å². The van der Waals surface area contributed by atoms with Crippen molar-refractivity contribution in [2.45, 2.75) is 25.0 Å². The molecule has 0 saturated carbocycles. The molecule has 36 heavy (non-hydrogen) atoms. The third kappa shape index (κ3) is 4.87. The van der Waals surface area contributed by atoms with Crippen molar-refractivity contribution < 1.29 is 43.7 Å². The summed E-state index contributed by atoms with van der Waals surface area (Å²) in [5.74, 6) is 2.17. The van der Waals surface area contributed by atoms with Crippen LogP contribution in [0.25, 0.3) is 0 Å². The highest BCUT2D eigenvalue weighted by Crippen LogP contribution is 2.48. The van der Waals surface area contributed by atoms with Crippen molar-refractivity contribution in [3.8, 4) is 46.0 Å². The number of aliphatic hydroxyl groups is 1. The lowest BCUT2D eigenvalue weighted by atomic mass is 10.00. The molecule has 0 saturated heterocycles. The number of aromatic hydroxyl groups is 2. The second kappa shape index (κ2) is 10.7. The van der Waals surface area contributed by atoms with E-state index in [0.717, 1.165) is 11.1 Å². The number of phenols is 2. The van der Waals surface area contributed by atoms with E-state index in [0.29, 0.717) is 41.4 Å². The summed E-state index contributed by atoms with van der Waals surface area (Å²) >= 11 is 0. The largest absolute Gasteiger partial charge is 0.504 e. The number of phenolic OH excluding ortho intramolecular Hbond substituents is 2. The van der Waals surface area contributed by atoms with Crippen LogP contribution in [0, 0.1) is 0 Å². The molecule has 0 aromatic heterocycles. The number of rotatable bonds is 9. The Labute approximate surface area is 209 Å². The summed E-state index contributed by atoms with van der Waals surface area (Å²) in [6, 6.07) is 12.3. The molecule has 0 unspecified atom stereocenters. The van der Waals surface area contributed by atoms with E-state index in [9.17, 15) is 15.3 Å². The van der Waals surface area contributed by atoms with Crippen molar-refractivity contribution in [1.82, 2.24) is 0 Å². The number of aliphatic hydroxyl groups excluding tert-OH is 1. The third-order valence-corrected chi connectivity index (χ3v) is 6.12. The molecule has 3 aromatic rings. The van der Waals surface area contributed by atoms with Crippen LogP contribution < -0.4 is 28.4 Å². The van der Waals surface area contributed by atoms with Crippen LogP contribution in [0.15, 0.2) is 42.5 Å². The Morgan fingerprint density at radius 1 is 0.722 bits per heavy atom. The van der Waals surface area contributed by atoms with Crippen molar-refractivity contribution in [1.29, 1.82) is 0 Å². The summed E-state index contributed by atoms with van der Waals surface area (Å²) < 4.78 is 33.8. The minimum atomic E-state index is -0.735. The highest BCUT2D eigenvalue weighted by Gasteiger charge is 2.36. The van der Waals surface area contributed by atoms with Crippen molar-refractivity contribution in [2.75, 3.05) is 35.0 Å². The molecule has 0 bridgehead atoms. The number of fused-ring (bicyclic) bond motifs is 1. The number of aryl methyl sites for hydroxylation is 2. The Bertz CT molecular complexity index is 1200. The van der Waals surface area contributed by atoms with Crippen LogP contribution in [0.1, 0.15) is 22.8 Å². The van der Waals surface area contributed by atoms with Crippen molar-refractivity contribution in [3.63, 3.8) is 0 Å². The predicted octanol–water partition coefficient (Wildman–Crippen LogP) is 3.79. The maximum absolute atomic E-state index is 10.3. The molecular weight excluding hydrogens is 468 g/mol. The molecule has 1 heterocycles. The first-order valence-electron chi connectivity index (χ1n) is 11.4. The normalized spacial score (nSPS) is 16.4. The quantitative estimate of drug-likeness (QED) is 0.405. The summed E-state index contributed by atoms with van der Waals surface area (Å²) in [4.78, 5) is 0. The fourth-order valence-electron chi connectivity index (χ4n) is 4.22. The zero-order valence-electron chi connectivity index (χ0n) is 20.6. The van der Waals surface area contributed by atoms with Gasteiger partial charge in [-0.3, -0.25) is 0 Å². The van der Waals surface area contributed by atoms with Gasteiger partial charge < -0.3 is 43.7 Å². The average Bonchev–Trinajstić information content (AvgIpc) is 2.91. The Balaban J connectivity index is 1.65. The zero-order chi connectivity index (χ0) is 25.8. The van der Waals surface area contributed by atoms with Crippen LogP contribution >= 0.6 is 0 Å². The molecule has 192 valence electrons. The Hall–Kier alpha value is -3.98. The van der Waals surface area contributed by atoms with Gasteiger partial charge >= 0.3 is 0 Å². The van der Waals surface area contributed by atoms with E-state index in [-0.39, 0.29) is 29.6 Å². The van der Waals surface area contributed by atoms with Gasteiger partial charge in [0.1, 0.15) is 0 Å². The molecular formula is C27H30O9. The highest BCUT2D eigenvalue weighted by atomic mass is 16.6. The van der Waals surface area contributed by atoms with Gasteiger partial charge in [0.2, 0.25) is 11.5 Å². The lowest BCUT2D eigenvalue weighted by Crippen LogP contribution is -2.36. The van der Waals surface area contributed by atoms with E-state index in [1.165, 1.54) is 21.3 Å². The van der Waals surface area contributed by atoms with Crippen LogP contribution in [0.5, 0.6) is 46.0 Å². The molecule has 2 atom stereocenters. The van der Waals surface area contributed by atoms with E-state index < -0.39 is 12.2 Å². The third-order valence-electron chi connectivity index (χ3n) is 6.12. The molecule has 0 spiro atoms. The topological polar surface area (TPSA) is 116 Å². The Kier molecular flexibility index (Phi) is 7.49. The first kappa shape index (κ1) is 25.1. The van der Waals surface area contributed by atoms with Gasteiger partial charge in [0.15, 0.2) is 46.7 Å². The SMILES string of the molecule is COc1cc(CCc2cc(OC)c3c(c2)O[C@@H](c2cc(OC)c(O)c(OC)c2)[C@H](CO)O3)ccc1O. The van der Waals surface area contributed by atoms with Gasteiger partial charge in [-0.1, -0.05) is 6.07 Å². The molecule has 0 fully saturated rings. The van der Waals surface area contributed by atoms with E-state index >= 15 is 0 Å². The van der Waals surface area contributed by atoms with Crippen molar-refractivity contribution in [2.24, 2.45) is 0 Å². The van der Waals surface area contributed by atoms with Gasteiger partial charge in [-0.2, -0.15) is 0 Å². The second-order valence-electron chi connectivity index (χ2n) is 8.28. The summed E-state index contributed by atoms with van der Waals surface area (Å²) in [6.07, 6.45) is -0.0856. The first-order valence-corrected chi connectivity index (χ1v) is 11.4. The zero-order valence-corrected chi connectivity index (χ0v) is 20.6. The highest BCUT2D eigenvalue weighted by molar-refractivity contribution is 5.57. The molecule has 3 aromatic carbocycles. The van der Waals surface area contributed by atoms with Crippen LogP contribution in [0.4, 0.5) is 0 Å². The number of methoxy groups -OCH3 is 4.